The van der Waals surface area contributed by atoms with Gasteiger partial charge < -0.3 is 9.32 Å². The third-order valence-corrected chi connectivity index (χ3v) is 12.5. The summed E-state index contributed by atoms with van der Waals surface area (Å²) in [5.41, 5.74) is 14.2. The summed E-state index contributed by atoms with van der Waals surface area (Å²) in [5.74, 6) is 0. The van der Waals surface area contributed by atoms with Gasteiger partial charge in [0, 0.05) is 27.4 Å². The van der Waals surface area contributed by atoms with Crippen LogP contribution in [0, 0.1) is 0 Å². The number of benzene rings is 10. The normalized spacial score (nSPS) is 12.9. The molecule has 0 radical (unpaired) electrons. The molecule has 0 fully saturated rings. The lowest BCUT2D eigenvalue weighted by molar-refractivity contribution is 0.673. The van der Waals surface area contributed by atoms with Crippen LogP contribution in [0.25, 0.3) is 65.7 Å². The van der Waals surface area contributed by atoms with Gasteiger partial charge in [0.2, 0.25) is 0 Å². The minimum Gasteiger partial charge on any atom is -0.453 e. The van der Waals surface area contributed by atoms with Crippen LogP contribution in [-0.2, 0) is 5.41 Å². The molecule has 12 rings (SSSR count). The van der Waals surface area contributed by atoms with E-state index in [4.69, 9.17) is 4.42 Å². The molecular formula is C57H37NO. The quantitative estimate of drug-likeness (QED) is 0.168. The average Bonchev–Trinajstić information content (AvgIpc) is 3.85. The first-order chi connectivity index (χ1) is 29.3. The van der Waals surface area contributed by atoms with Crippen LogP contribution in [-0.4, -0.2) is 0 Å². The zero-order valence-electron chi connectivity index (χ0n) is 32.2. The molecule has 10 aromatic carbocycles. The highest BCUT2D eigenvalue weighted by Gasteiger charge is 2.47. The van der Waals surface area contributed by atoms with Gasteiger partial charge in [0.05, 0.1) is 16.8 Å². The number of fused-ring (bicyclic) bond motifs is 9. The summed E-state index contributed by atoms with van der Waals surface area (Å²) in [6.45, 7) is 0. The molecule has 0 atom stereocenters. The van der Waals surface area contributed by atoms with Gasteiger partial charge in [0.15, 0.2) is 5.58 Å². The molecule has 1 aliphatic carbocycles. The maximum Gasteiger partial charge on any atom is 0.159 e. The van der Waals surface area contributed by atoms with Crippen molar-refractivity contribution in [1.82, 2.24) is 0 Å². The molecule has 0 N–H and O–H groups in total. The average molecular weight is 752 g/mol. The minimum atomic E-state index is -0.527. The second-order valence-electron chi connectivity index (χ2n) is 15.6. The summed E-state index contributed by atoms with van der Waals surface area (Å²) in [7, 11) is 0. The van der Waals surface area contributed by atoms with E-state index in [0.29, 0.717) is 0 Å². The predicted molar refractivity (Wildman–Crippen MR) is 246 cm³/mol. The Hall–Kier alpha value is -7.68. The van der Waals surface area contributed by atoms with E-state index in [1.807, 2.05) is 0 Å². The van der Waals surface area contributed by atoms with Crippen molar-refractivity contribution in [2.24, 2.45) is 0 Å². The van der Waals surface area contributed by atoms with Gasteiger partial charge in [0.1, 0.15) is 5.58 Å². The van der Waals surface area contributed by atoms with E-state index in [9.17, 15) is 0 Å². The van der Waals surface area contributed by atoms with E-state index >= 15 is 0 Å². The van der Waals surface area contributed by atoms with Crippen LogP contribution >= 0.6 is 0 Å². The summed E-state index contributed by atoms with van der Waals surface area (Å²) in [4.78, 5) is 2.43. The van der Waals surface area contributed by atoms with Gasteiger partial charge in [-0.1, -0.05) is 188 Å². The highest BCUT2D eigenvalue weighted by molar-refractivity contribution is 6.18. The molecule has 0 aliphatic heterocycles. The number of para-hydroxylation sites is 1. The maximum atomic E-state index is 7.08. The molecule has 0 unspecified atom stereocenters. The third kappa shape index (κ3) is 5.00. The van der Waals surface area contributed by atoms with Crippen molar-refractivity contribution in [3.63, 3.8) is 0 Å². The predicted octanol–water partition coefficient (Wildman–Crippen LogP) is 15.4. The number of hydrogen-bond acceptors (Lipinski definition) is 2. The summed E-state index contributed by atoms with van der Waals surface area (Å²) < 4.78 is 7.08. The van der Waals surface area contributed by atoms with Crippen molar-refractivity contribution in [2.45, 2.75) is 5.41 Å². The van der Waals surface area contributed by atoms with Gasteiger partial charge in [-0.05, 0) is 91.5 Å². The summed E-state index contributed by atoms with van der Waals surface area (Å²) in [6, 6.07) is 81.7. The third-order valence-electron chi connectivity index (χ3n) is 12.5. The molecule has 0 bridgehead atoms. The SMILES string of the molecule is c1ccc(C2(c3ccccc3)c3ccccc3-c3c(N(c4ccc(-c5ccc6ccccc6c5)cc4)c4cccc5c4oc4c6ccccc6ccc54)cccc32)cc1. The molecule has 1 aromatic heterocycles. The molecule has 0 amide bonds. The van der Waals surface area contributed by atoms with Crippen LogP contribution in [0.5, 0.6) is 0 Å². The minimum absolute atomic E-state index is 0.527. The van der Waals surface area contributed by atoms with Crippen molar-refractivity contribution in [1.29, 1.82) is 0 Å². The van der Waals surface area contributed by atoms with Crippen LogP contribution < -0.4 is 4.90 Å². The fourth-order valence-corrected chi connectivity index (χ4v) is 9.93. The molecule has 1 aliphatic rings. The summed E-state index contributed by atoms with van der Waals surface area (Å²) in [5, 5.41) is 6.96. The van der Waals surface area contributed by atoms with E-state index in [2.05, 4.69) is 229 Å². The largest absolute Gasteiger partial charge is 0.453 e. The van der Waals surface area contributed by atoms with E-state index in [1.165, 1.54) is 55.3 Å². The van der Waals surface area contributed by atoms with Crippen molar-refractivity contribution >= 4 is 60.5 Å². The lowest BCUT2D eigenvalue weighted by Crippen LogP contribution is -2.28. The van der Waals surface area contributed by atoms with Crippen molar-refractivity contribution < 1.29 is 4.42 Å². The second kappa shape index (κ2) is 13.2. The van der Waals surface area contributed by atoms with Crippen LogP contribution in [0.3, 0.4) is 0 Å². The standard InChI is InChI=1S/C57H37NO/c1-3-18-43(19-4-1)57(44-20-5-2-6-21-44)50-25-12-11-23-49(50)54-51(57)26-14-27-52(54)58(45-34-31-39(32-35-45)42-30-29-38-15-7-8-17-41(38)37-42)53-28-13-24-47-48-36-33-40-16-9-10-22-46(40)55(48)59-56(47)53/h1-37H. The smallest absolute Gasteiger partial charge is 0.159 e. The van der Waals surface area contributed by atoms with E-state index in [1.54, 1.807) is 0 Å². The second-order valence-corrected chi connectivity index (χ2v) is 15.6. The van der Waals surface area contributed by atoms with Crippen molar-refractivity contribution in [3.8, 4) is 22.3 Å². The molecule has 2 heteroatoms. The van der Waals surface area contributed by atoms with Crippen LogP contribution in [0.15, 0.2) is 229 Å². The Morgan fingerprint density at radius 2 is 0.932 bits per heavy atom. The molecule has 59 heavy (non-hydrogen) atoms. The van der Waals surface area contributed by atoms with Gasteiger partial charge in [0.25, 0.3) is 0 Å². The van der Waals surface area contributed by atoms with Crippen LogP contribution in [0.2, 0.25) is 0 Å². The Balaban J connectivity index is 1.14. The Bertz CT molecular complexity index is 3340. The fourth-order valence-electron chi connectivity index (χ4n) is 9.93. The monoisotopic (exact) mass is 751 g/mol. The van der Waals surface area contributed by atoms with E-state index in [-0.39, 0.29) is 0 Å². The van der Waals surface area contributed by atoms with E-state index < -0.39 is 5.41 Å². The van der Waals surface area contributed by atoms with Crippen LogP contribution in [0.4, 0.5) is 17.1 Å². The molecule has 0 saturated carbocycles. The lowest BCUT2D eigenvalue weighted by atomic mass is 9.68. The Kier molecular flexibility index (Phi) is 7.48. The molecule has 11 aromatic rings. The van der Waals surface area contributed by atoms with Crippen molar-refractivity contribution in [3.05, 3.63) is 247 Å². The zero-order chi connectivity index (χ0) is 38.9. The highest BCUT2D eigenvalue weighted by atomic mass is 16.3. The fraction of sp³-hybridized carbons (Fsp3) is 0.0175. The van der Waals surface area contributed by atoms with E-state index in [0.717, 1.165) is 49.8 Å². The number of hydrogen-bond donors (Lipinski definition) is 0. The first kappa shape index (κ1) is 33.5. The molecular weight excluding hydrogens is 715 g/mol. The van der Waals surface area contributed by atoms with Gasteiger partial charge in [-0.3, -0.25) is 0 Å². The Morgan fingerprint density at radius 1 is 0.356 bits per heavy atom. The van der Waals surface area contributed by atoms with Gasteiger partial charge in [-0.25, -0.2) is 0 Å². The van der Waals surface area contributed by atoms with Crippen molar-refractivity contribution in [2.75, 3.05) is 4.90 Å². The molecule has 2 nitrogen and oxygen atoms in total. The Morgan fingerprint density at radius 3 is 1.73 bits per heavy atom. The maximum absolute atomic E-state index is 7.08. The number of rotatable bonds is 6. The number of anilines is 3. The molecule has 276 valence electrons. The first-order valence-electron chi connectivity index (χ1n) is 20.3. The number of nitrogens with zero attached hydrogens (tertiary/aromatic N) is 1. The Labute approximate surface area is 342 Å². The highest BCUT2D eigenvalue weighted by Crippen LogP contribution is 2.60. The number of furan rings is 1. The van der Waals surface area contributed by atoms with Gasteiger partial charge in [-0.15, -0.1) is 0 Å². The van der Waals surface area contributed by atoms with Gasteiger partial charge in [-0.2, -0.15) is 0 Å². The first-order valence-corrected chi connectivity index (χ1v) is 20.3. The molecule has 0 saturated heterocycles. The lowest BCUT2D eigenvalue weighted by Gasteiger charge is -2.34. The summed E-state index contributed by atoms with van der Waals surface area (Å²) >= 11 is 0. The van der Waals surface area contributed by atoms with Crippen LogP contribution in [0.1, 0.15) is 22.3 Å². The summed E-state index contributed by atoms with van der Waals surface area (Å²) in [6.07, 6.45) is 0. The molecule has 1 heterocycles. The zero-order valence-corrected chi connectivity index (χ0v) is 32.2. The topological polar surface area (TPSA) is 16.4 Å². The van der Waals surface area contributed by atoms with Gasteiger partial charge >= 0.3 is 0 Å². The molecule has 0 spiro atoms.